The van der Waals surface area contributed by atoms with E-state index in [4.69, 9.17) is 0 Å². The third-order valence-corrected chi connectivity index (χ3v) is 5.15. The molecule has 2 aromatic heterocycles. The fourth-order valence-corrected chi connectivity index (χ4v) is 3.49. The SMILES string of the molecule is Cc1c(C(=O)NC[C@H](c2ccccc2)c2c[nH]c3ccccc23)cnn1C. The minimum atomic E-state index is -0.0960. The summed E-state index contributed by atoms with van der Waals surface area (Å²) in [5.74, 6) is -0.0374. The monoisotopic (exact) mass is 358 g/mol. The molecule has 2 aromatic carbocycles. The maximum Gasteiger partial charge on any atom is 0.254 e. The van der Waals surface area contributed by atoms with E-state index < -0.39 is 0 Å². The number of hydrogen-bond donors (Lipinski definition) is 2. The lowest BCUT2D eigenvalue weighted by Crippen LogP contribution is -2.29. The van der Waals surface area contributed by atoms with Crippen LogP contribution in [0.25, 0.3) is 10.9 Å². The Balaban J connectivity index is 1.65. The number of benzene rings is 2. The van der Waals surface area contributed by atoms with Gasteiger partial charge in [0, 0.05) is 42.3 Å². The number of nitrogens with zero attached hydrogens (tertiary/aromatic N) is 2. The van der Waals surface area contributed by atoms with Crippen LogP contribution in [-0.2, 0) is 7.05 Å². The Morgan fingerprint density at radius 3 is 2.63 bits per heavy atom. The topological polar surface area (TPSA) is 62.7 Å². The van der Waals surface area contributed by atoms with Gasteiger partial charge in [0.15, 0.2) is 0 Å². The molecule has 27 heavy (non-hydrogen) atoms. The minimum Gasteiger partial charge on any atom is -0.361 e. The first kappa shape index (κ1) is 17.1. The van der Waals surface area contributed by atoms with Crippen LogP contribution in [-0.4, -0.2) is 27.2 Å². The summed E-state index contributed by atoms with van der Waals surface area (Å²) in [5, 5.41) is 8.44. The molecule has 0 spiro atoms. The second-order valence-corrected chi connectivity index (χ2v) is 6.73. The molecule has 4 aromatic rings. The van der Waals surface area contributed by atoms with Gasteiger partial charge in [-0.15, -0.1) is 0 Å². The molecule has 0 aliphatic carbocycles. The van der Waals surface area contributed by atoms with Crippen LogP contribution in [0.1, 0.15) is 33.1 Å². The van der Waals surface area contributed by atoms with Crippen molar-refractivity contribution in [2.24, 2.45) is 7.05 Å². The fourth-order valence-electron chi connectivity index (χ4n) is 3.49. The molecule has 2 heterocycles. The smallest absolute Gasteiger partial charge is 0.254 e. The van der Waals surface area contributed by atoms with Crippen molar-refractivity contribution in [3.63, 3.8) is 0 Å². The van der Waals surface area contributed by atoms with E-state index in [2.05, 4.69) is 39.7 Å². The summed E-state index contributed by atoms with van der Waals surface area (Å²) in [7, 11) is 1.84. The average molecular weight is 358 g/mol. The van der Waals surface area contributed by atoms with E-state index in [1.807, 2.05) is 50.5 Å². The second kappa shape index (κ2) is 7.11. The number of nitrogens with one attached hydrogen (secondary N) is 2. The zero-order valence-electron chi connectivity index (χ0n) is 15.4. The van der Waals surface area contributed by atoms with Crippen LogP contribution < -0.4 is 5.32 Å². The van der Waals surface area contributed by atoms with Crippen LogP contribution in [0, 0.1) is 6.92 Å². The van der Waals surface area contributed by atoms with Crippen LogP contribution in [0.15, 0.2) is 67.0 Å². The van der Waals surface area contributed by atoms with Gasteiger partial charge in [-0.2, -0.15) is 5.10 Å². The number of amides is 1. The number of carbonyl (C=O) groups excluding carboxylic acids is 1. The molecule has 1 amide bonds. The Morgan fingerprint density at radius 1 is 1.15 bits per heavy atom. The standard InChI is InChI=1S/C22H22N4O/c1-15-18(14-25-26(15)2)22(27)24-12-19(16-8-4-3-5-9-16)20-13-23-21-11-7-6-10-17(20)21/h3-11,13-14,19,23H,12H2,1-2H3,(H,24,27)/t19-/m1/s1. The zero-order valence-corrected chi connectivity index (χ0v) is 15.4. The lowest BCUT2D eigenvalue weighted by Gasteiger charge is -2.18. The summed E-state index contributed by atoms with van der Waals surface area (Å²) in [6, 6.07) is 18.5. The molecule has 136 valence electrons. The van der Waals surface area contributed by atoms with Gasteiger partial charge in [0.05, 0.1) is 11.8 Å². The third kappa shape index (κ3) is 3.24. The van der Waals surface area contributed by atoms with Gasteiger partial charge in [-0.1, -0.05) is 48.5 Å². The molecule has 0 aliphatic heterocycles. The Labute approximate surface area is 158 Å². The van der Waals surface area contributed by atoms with E-state index >= 15 is 0 Å². The van der Waals surface area contributed by atoms with Gasteiger partial charge in [0.25, 0.3) is 5.91 Å². The maximum atomic E-state index is 12.7. The molecule has 5 nitrogen and oxygen atoms in total. The third-order valence-electron chi connectivity index (χ3n) is 5.15. The summed E-state index contributed by atoms with van der Waals surface area (Å²) in [4.78, 5) is 16.0. The van der Waals surface area contributed by atoms with Gasteiger partial charge in [-0.05, 0) is 24.1 Å². The highest BCUT2D eigenvalue weighted by molar-refractivity contribution is 5.95. The summed E-state index contributed by atoms with van der Waals surface area (Å²) in [6.45, 7) is 2.41. The Bertz CT molecular complexity index is 1080. The zero-order chi connectivity index (χ0) is 18.8. The number of aryl methyl sites for hydroxylation is 1. The molecule has 0 bridgehead atoms. The quantitative estimate of drug-likeness (QED) is 0.570. The van der Waals surface area contributed by atoms with Crippen molar-refractivity contribution >= 4 is 16.8 Å². The van der Waals surface area contributed by atoms with E-state index in [-0.39, 0.29) is 11.8 Å². The number of H-pyrrole nitrogens is 1. The van der Waals surface area contributed by atoms with Gasteiger partial charge >= 0.3 is 0 Å². The van der Waals surface area contributed by atoms with Crippen molar-refractivity contribution in [1.29, 1.82) is 0 Å². The number of carbonyl (C=O) groups is 1. The molecule has 0 saturated heterocycles. The summed E-state index contributed by atoms with van der Waals surface area (Å²) < 4.78 is 1.71. The van der Waals surface area contributed by atoms with E-state index in [0.29, 0.717) is 12.1 Å². The Kier molecular flexibility index (Phi) is 4.50. The lowest BCUT2D eigenvalue weighted by molar-refractivity contribution is 0.0951. The van der Waals surface area contributed by atoms with E-state index in [0.717, 1.165) is 11.2 Å². The number of aromatic nitrogens is 3. The molecular formula is C22H22N4O. The molecule has 5 heteroatoms. The molecule has 4 rings (SSSR count). The van der Waals surface area contributed by atoms with Crippen LogP contribution in [0.3, 0.4) is 0 Å². The Morgan fingerprint density at radius 2 is 1.89 bits per heavy atom. The first-order valence-electron chi connectivity index (χ1n) is 9.03. The van der Waals surface area contributed by atoms with Crippen molar-refractivity contribution in [3.8, 4) is 0 Å². The van der Waals surface area contributed by atoms with Gasteiger partial charge in [0.1, 0.15) is 0 Å². The van der Waals surface area contributed by atoms with Crippen molar-refractivity contribution < 1.29 is 4.79 Å². The number of hydrogen-bond acceptors (Lipinski definition) is 2. The highest BCUT2D eigenvalue weighted by atomic mass is 16.1. The van der Waals surface area contributed by atoms with Gasteiger partial charge < -0.3 is 10.3 Å². The highest BCUT2D eigenvalue weighted by Gasteiger charge is 2.20. The first-order chi connectivity index (χ1) is 13.1. The molecule has 2 N–H and O–H groups in total. The summed E-state index contributed by atoms with van der Waals surface area (Å²) in [6.07, 6.45) is 3.66. The lowest BCUT2D eigenvalue weighted by atomic mass is 9.91. The number of aromatic amines is 1. The first-order valence-corrected chi connectivity index (χ1v) is 9.03. The molecule has 0 unspecified atom stereocenters. The fraction of sp³-hybridized carbons (Fsp3) is 0.182. The minimum absolute atomic E-state index is 0.0586. The molecule has 0 saturated carbocycles. The summed E-state index contributed by atoms with van der Waals surface area (Å²) >= 11 is 0. The predicted molar refractivity (Wildman–Crippen MR) is 107 cm³/mol. The molecule has 0 aliphatic rings. The van der Waals surface area contributed by atoms with E-state index in [9.17, 15) is 4.79 Å². The predicted octanol–water partition coefficient (Wildman–Crippen LogP) is 3.77. The van der Waals surface area contributed by atoms with Crippen LogP contribution in [0.2, 0.25) is 0 Å². The second-order valence-electron chi connectivity index (χ2n) is 6.73. The van der Waals surface area contributed by atoms with Crippen LogP contribution >= 0.6 is 0 Å². The van der Waals surface area contributed by atoms with Crippen LogP contribution in [0.5, 0.6) is 0 Å². The molecule has 1 atom stereocenters. The normalized spacial score (nSPS) is 12.2. The van der Waals surface area contributed by atoms with E-state index in [1.54, 1.807) is 10.9 Å². The largest absolute Gasteiger partial charge is 0.361 e. The average Bonchev–Trinajstić information content (AvgIpc) is 3.27. The molecule has 0 radical (unpaired) electrons. The highest BCUT2D eigenvalue weighted by Crippen LogP contribution is 2.30. The van der Waals surface area contributed by atoms with Gasteiger partial charge in [-0.3, -0.25) is 9.48 Å². The Hall–Kier alpha value is -3.34. The van der Waals surface area contributed by atoms with Crippen molar-refractivity contribution in [2.45, 2.75) is 12.8 Å². The van der Waals surface area contributed by atoms with Crippen LogP contribution in [0.4, 0.5) is 0 Å². The van der Waals surface area contributed by atoms with Gasteiger partial charge in [-0.25, -0.2) is 0 Å². The number of para-hydroxylation sites is 1. The number of fused-ring (bicyclic) bond motifs is 1. The molecule has 0 fully saturated rings. The van der Waals surface area contributed by atoms with Crippen molar-refractivity contribution in [2.75, 3.05) is 6.54 Å². The molecular weight excluding hydrogens is 336 g/mol. The van der Waals surface area contributed by atoms with Gasteiger partial charge in [0.2, 0.25) is 0 Å². The summed E-state index contributed by atoms with van der Waals surface area (Å²) in [5.41, 5.74) is 4.92. The van der Waals surface area contributed by atoms with Crippen molar-refractivity contribution in [1.82, 2.24) is 20.1 Å². The number of rotatable bonds is 5. The van der Waals surface area contributed by atoms with E-state index in [1.165, 1.54) is 16.5 Å². The maximum absolute atomic E-state index is 12.7. The van der Waals surface area contributed by atoms with Crippen molar-refractivity contribution in [3.05, 3.63) is 89.4 Å².